The second-order valence-electron chi connectivity index (χ2n) is 15.8. The third kappa shape index (κ3) is 32.0. The van der Waals surface area contributed by atoms with Crippen molar-refractivity contribution in [3.05, 3.63) is 179 Å². The Labute approximate surface area is 518 Å². The molecule has 446 valence electrons. The maximum Gasteiger partial charge on any atom is 3.00 e. The van der Waals surface area contributed by atoms with E-state index in [0.29, 0.717) is 22.4 Å². The van der Waals surface area contributed by atoms with Crippen LogP contribution >= 0.6 is 0 Å². The second kappa shape index (κ2) is 35.9. The Bertz CT molecular complexity index is 2970. The van der Waals surface area contributed by atoms with E-state index >= 15 is 0 Å². The SMILES string of the molecule is CC(=O)/C=C(\[O-])C(F)(F)F.CC(=O)/C=C(\[O-])C(F)(F)F.CC(=O)/C=C(\[O-])C(F)(F)F.CC(=O)/C=C(\[O-])C(F)(F)F.Cc1ccc(N=Cc2ccc3cccc([O-])c3n2)cc1.Cc1ccc(N=Cc2ccc3cccc([O-])c3n2)cc1.[Er+3].[Er+3]. The van der Waals surface area contributed by atoms with Gasteiger partial charge in [0.1, 0.15) is 0 Å². The van der Waals surface area contributed by atoms with Gasteiger partial charge in [0, 0.05) is 0 Å². The number of aliphatic imine (C=N–C) groups is 2. The number of halogens is 12. The van der Waals surface area contributed by atoms with E-state index in [-0.39, 0.29) is 110 Å². The van der Waals surface area contributed by atoms with E-state index in [1.165, 1.54) is 23.3 Å². The van der Waals surface area contributed by atoms with Gasteiger partial charge in [-0.25, -0.2) is 9.97 Å². The van der Waals surface area contributed by atoms with Crippen molar-refractivity contribution in [1.29, 1.82) is 0 Å². The first kappa shape index (κ1) is 77.2. The van der Waals surface area contributed by atoms with Gasteiger partial charge in [-0.1, -0.05) is 95.4 Å². The molecule has 82 heavy (non-hydrogen) atoms. The zero-order chi connectivity index (χ0) is 61.3. The standard InChI is InChI=1S/2C17H14N2O.4C5H5F3O2.2Er/c2*1-12-5-8-14(9-6-12)18-11-15-10-7-13-3-2-4-16(20)17(13)19-15;4*1-3(9)2-4(10)5(6,7)8;;/h2*2-11,20H,1H3;4*2,10H,1H3;;/q;;;;;;2*+3/p-6/b;;4*4-2-;;. The number of allylic oxidation sites excluding steroid dienone is 8. The number of benzene rings is 4. The summed E-state index contributed by atoms with van der Waals surface area (Å²) in [5.74, 6) is -12.2. The summed E-state index contributed by atoms with van der Waals surface area (Å²) >= 11 is 0. The first-order valence-electron chi connectivity index (χ1n) is 22.0. The first-order chi connectivity index (χ1) is 36.8. The monoisotopic (exact) mass is 1470 g/mol. The smallest absolute Gasteiger partial charge is 0.871 e. The van der Waals surface area contributed by atoms with Gasteiger partial charge in [0.15, 0.2) is 23.1 Å². The molecule has 2 heterocycles. The molecular formula is C54H42Er2F12N4O10. The average molecular weight is 1470 g/mol. The summed E-state index contributed by atoms with van der Waals surface area (Å²) in [5.41, 5.74) is 6.47. The van der Waals surface area contributed by atoms with Crippen LogP contribution in [-0.4, -0.2) is 70.2 Å². The van der Waals surface area contributed by atoms with Crippen LogP contribution in [0.4, 0.5) is 64.1 Å². The van der Waals surface area contributed by atoms with E-state index in [4.69, 9.17) is 0 Å². The van der Waals surface area contributed by atoms with Crippen molar-refractivity contribution >= 4 is 68.7 Å². The quantitative estimate of drug-likeness (QED) is 0.0604. The molecular weight excluding hydrogens is 1430 g/mol. The minimum atomic E-state index is -4.92. The van der Waals surface area contributed by atoms with Gasteiger partial charge in [0.05, 0.1) is 46.2 Å². The van der Waals surface area contributed by atoms with E-state index < -0.39 is 70.9 Å². The normalized spacial score (nSPS) is 12.0. The minimum Gasteiger partial charge on any atom is -0.871 e. The average Bonchev–Trinajstić information content (AvgIpc) is 3.33. The van der Waals surface area contributed by atoms with Crippen molar-refractivity contribution in [3.63, 3.8) is 0 Å². The topological polar surface area (TPSA) is 257 Å². The number of aromatic nitrogens is 2. The molecule has 0 fully saturated rings. The molecule has 4 aromatic carbocycles. The number of ketones is 4. The fourth-order valence-corrected chi connectivity index (χ4v) is 5.02. The molecule has 6 aromatic rings. The van der Waals surface area contributed by atoms with Gasteiger partial charge in [-0.2, -0.15) is 52.7 Å². The Morgan fingerprint density at radius 3 is 0.854 bits per heavy atom. The zero-order valence-corrected chi connectivity index (χ0v) is 46.5. The van der Waals surface area contributed by atoms with Crippen LogP contribution in [0.5, 0.6) is 11.5 Å². The van der Waals surface area contributed by atoms with Gasteiger partial charge in [-0.05, 0) is 136 Å². The van der Waals surface area contributed by atoms with Crippen molar-refractivity contribution < 1.29 is 177 Å². The van der Waals surface area contributed by atoms with Gasteiger partial charge < -0.3 is 30.6 Å². The number of carbonyl (C=O) groups excluding carboxylic acids is 4. The molecule has 0 unspecified atom stereocenters. The van der Waals surface area contributed by atoms with E-state index in [0.717, 1.165) is 49.8 Å². The van der Waals surface area contributed by atoms with Crippen molar-refractivity contribution in [2.24, 2.45) is 9.98 Å². The van der Waals surface area contributed by atoms with Crippen molar-refractivity contribution in [1.82, 2.24) is 9.97 Å². The Morgan fingerprint density at radius 2 is 0.646 bits per heavy atom. The number of carbonyl (C=O) groups is 4. The fraction of sp³-hybridized carbons (Fsp3) is 0.185. The molecule has 0 bridgehead atoms. The zero-order valence-electron chi connectivity index (χ0n) is 42.8. The van der Waals surface area contributed by atoms with Crippen molar-refractivity contribution in [3.8, 4) is 11.5 Å². The number of para-hydroxylation sites is 2. The third-order valence-electron chi connectivity index (χ3n) is 8.62. The molecule has 0 saturated carbocycles. The molecule has 0 saturated heterocycles. The maximum absolute atomic E-state index is 11.7. The molecule has 0 aliphatic rings. The van der Waals surface area contributed by atoms with Crippen molar-refractivity contribution in [2.45, 2.75) is 66.2 Å². The first-order valence-corrected chi connectivity index (χ1v) is 22.0. The molecule has 0 N–H and O–H groups in total. The predicted molar refractivity (Wildman–Crippen MR) is 259 cm³/mol. The minimum absolute atomic E-state index is 0. The summed E-state index contributed by atoms with van der Waals surface area (Å²) in [6.07, 6.45) is -16.3. The summed E-state index contributed by atoms with van der Waals surface area (Å²) in [6.45, 7) is 7.59. The number of hydrogen-bond acceptors (Lipinski definition) is 14. The van der Waals surface area contributed by atoms with Crippen LogP contribution in [0, 0.1) is 88.5 Å². The second-order valence-corrected chi connectivity index (χ2v) is 15.8. The van der Waals surface area contributed by atoms with E-state index in [1.807, 2.05) is 98.8 Å². The molecule has 2 radical (unpaired) electrons. The maximum atomic E-state index is 11.7. The molecule has 0 amide bonds. The summed E-state index contributed by atoms with van der Waals surface area (Å²) < 4.78 is 135. The van der Waals surface area contributed by atoms with Gasteiger partial charge in [0.25, 0.3) is 0 Å². The van der Waals surface area contributed by atoms with Gasteiger partial charge in [-0.3, -0.25) is 29.2 Å². The fourth-order valence-electron chi connectivity index (χ4n) is 5.02. The number of fused-ring (bicyclic) bond motifs is 2. The van der Waals surface area contributed by atoms with Crippen LogP contribution in [0.2, 0.25) is 0 Å². The van der Waals surface area contributed by atoms with Gasteiger partial charge in [-0.15, -0.1) is 0 Å². The van der Waals surface area contributed by atoms with E-state index in [2.05, 4.69) is 20.0 Å². The number of pyridine rings is 2. The third-order valence-corrected chi connectivity index (χ3v) is 8.62. The number of aryl methyl sites for hydroxylation is 2. The number of alkyl halides is 12. The van der Waals surface area contributed by atoms with Crippen molar-refractivity contribution in [2.75, 3.05) is 0 Å². The number of rotatable bonds is 8. The van der Waals surface area contributed by atoms with Crippen LogP contribution in [0.25, 0.3) is 21.8 Å². The van der Waals surface area contributed by atoms with Gasteiger partial charge in [0.2, 0.25) is 0 Å². The molecule has 14 nitrogen and oxygen atoms in total. The molecule has 28 heteroatoms. The Balaban J connectivity index is 0. The van der Waals surface area contributed by atoms with E-state index in [1.54, 1.807) is 24.6 Å². The summed E-state index contributed by atoms with van der Waals surface area (Å²) in [7, 11) is 0. The summed E-state index contributed by atoms with van der Waals surface area (Å²) in [4.78, 5) is 57.1. The number of nitrogens with zero attached hydrogens (tertiary/aromatic N) is 4. The molecule has 0 atom stereocenters. The predicted octanol–water partition coefficient (Wildman–Crippen LogP) is 8.26. The Hall–Kier alpha value is -6.87. The van der Waals surface area contributed by atoms with E-state index in [9.17, 15) is 103 Å². The molecule has 2 aromatic heterocycles. The Morgan fingerprint density at radius 1 is 0.402 bits per heavy atom. The molecule has 0 aliphatic heterocycles. The summed E-state index contributed by atoms with van der Waals surface area (Å²) in [5, 5.41) is 64.7. The molecule has 0 aliphatic carbocycles. The van der Waals surface area contributed by atoms with Crippen LogP contribution in [0.3, 0.4) is 0 Å². The Kier molecular flexibility index (Phi) is 33.8. The largest absolute Gasteiger partial charge is 3.00 e. The molecule has 0 spiro atoms. The summed E-state index contributed by atoms with van der Waals surface area (Å²) in [6, 6.07) is 33.6. The van der Waals surface area contributed by atoms with Crippen LogP contribution in [-0.2, 0) is 19.2 Å². The van der Waals surface area contributed by atoms with Crippen LogP contribution in [0.1, 0.15) is 50.2 Å². The van der Waals surface area contributed by atoms with Crippen LogP contribution < -0.4 is 30.6 Å². The van der Waals surface area contributed by atoms with Crippen LogP contribution in [0.15, 0.2) is 167 Å². The number of hydrogen-bond donors (Lipinski definition) is 0. The van der Waals surface area contributed by atoms with Gasteiger partial charge >= 0.3 is 99.3 Å². The molecule has 6 rings (SSSR count).